The first-order valence-electron chi connectivity index (χ1n) is 6.00. The molecule has 100 valence electrons. The van der Waals surface area contributed by atoms with Crippen LogP contribution in [0.2, 0.25) is 5.02 Å². The van der Waals surface area contributed by atoms with Crippen LogP contribution in [0.4, 0.5) is 4.39 Å². The second-order valence-electron chi connectivity index (χ2n) is 4.81. The van der Waals surface area contributed by atoms with E-state index in [1.165, 1.54) is 11.8 Å². The van der Waals surface area contributed by atoms with Crippen LogP contribution in [0.25, 0.3) is 0 Å². The molecule has 18 heavy (non-hydrogen) atoms. The van der Waals surface area contributed by atoms with E-state index in [4.69, 9.17) is 17.3 Å². The van der Waals surface area contributed by atoms with Crippen LogP contribution >= 0.6 is 23.4 Å². The molecule has 1 aliphatic rings. The summed E-state index contributed by atoms with van der Waals surface area (Å²) in [6.07, 6.45) is 2.80. The first-order chi connectivity index (χ1) is 8.56. The minimum Gasteiger partial charge on any atom is -0.330 e. The smallest absolute Gasteiger partial charge is 0.138 e. The molecular weight excluding hydrogens is 271 g/mol. The number of rotatable bonds is 3. The molecular formula is C13H18ClFN2S. The van der Waals surface area contributed by atoms with E-state index < -0.39 is 0 Å². The molecule has 1 aromatic carbocycles. The fourth-order valence-electron chi connectivity index (χ4n) is 2.63. The van der Waals surface area contributed by atoms with Gasteiger partial charge in [-0.05, 0) is 49.9 Å². The van der Waals surface area contributed by atoms with Gasteiger partial charge in [0.15, 0.2) is 0 Å². The molecule has 0 aromatic heterocycles. The maximum atomic E-state index is 13.9. The molecule has 0 aliphatic carbocycles. The first-order valence-corrected chi connectivity index (χ1v) is 7.60. The lowest BCUT2D eigenvalue weighted by atomic mass is 10.00. The van der Waals surface area contributed by atoms with Crippen molar-refractivity contribution in [3.8, 4) is 0 Å². The molecule has 2 atom stereocenters. The largest absolute Gasteiger partial charge is 0.330 e. The van der Waals surface area contributed by atoms with Gasteiger partial charge in [0.1, 0.15) is 5.82 Å². The average molecular weight is 289 g/mol. The second-order valence-corrected chi connectivity index (χ2v) is 6.03. The average Bonchev–Trinajstić information content (AvgIpc) is 2.70. The molecule has 0 spiro atoms. The molecule has 0 bridgehead atoms. The maximum absolute atomic E-state index is 13.9. The van der Waals surface area contributed by atoms with Crippen molar-refractivity contribution in [3.63, 3.8) is 0 Å². The van der Waals surface area contributed by atoms with Gasteiger partial charge in [-0.25, -0.2) is 4.39 Å². The van der Waals surface area contributed by atoms with Crippen LogP contribution in [0.3, 0.4) is 0 Å². The van der Waals surface area contributed by atoms with E-state index in [0.717, 1.165) is 18.5 Å². The number of hydrogen-bond acceptors (Lipinski definition) is 3. The van der Waals surface area contributed by atoms with Crippen molar-refractivity contribution in [2.24, 2.45) is 11.7 Å². The van der Waals surface area contributed by atoms with E-state index in [1.807, 2.05) is 12.3 Å². The minimum absolute atomic E-state index is 0.224. The van der Waals surface area contributed by atoms with E-state index in [1.54, 1.807) is 6.07 Å². The van der Waals surface area contributed by atoms with Gasteiger partial charge in [0, 0.05) is 12.6 Å². The third kappa shape index (κ3) is 2.67. The molecule has 1 heterocycles. The van der Waals surface area contributed by atoms with E-state index in [9.17, 15) is 4.39 Å². The van der Waals surface area contributed by atoms with Crippen molar-refractivity contribution in [2.75, 3.05) is 26.4 Å². The number of thioether (sulfide) groups is 1. The third-order valence-electron chi connectivity index (χ3n) is 3.58. The molecule has 5 heteroatoms. The van der Waals surface area contributed by atoms with Crippen LogP contribution in [0.15, 0.2) is 17.0 Å². The van der Waals surface area contributed by atoms with E-state index in [2.05, 4.69) is 11.9 Å². The zero-order valence-electron chi connectivity index (χ0n) is 10.6. The summed E-state index contributed by atoms with van der Waals surface area (Å²) in [6.45, 7) is 1.64. The van der Waals surface area contributed by atoms with E-state index >= 15 is 0 Å². The number of hydrogen-bond donors (Lipinski definition) is 1. The summed E-state index contributed by atoms with van der Waals surface area (Å²) in [6, 6.07) is 3.72. The summed E-state index contributed by atoms with van der Waals surface area (Å²) in [5, 5.41) is 0.502. The van der Waals surface area contributed by atoms with E-state index in [0.29, 0.717) is 22.4 Å². The molecule has 2 rings (SSSR count). The molecule has 1 aromatic rings. The number of likely N-dealkylation sites (tertiary alicyclic amines) is 1. The molecule has 1 saturated heterocycles. The molecule has 0 saturated carbocycles. The fraction of sp³-hybridized carbons (Fsp3) is 0.538. The third-order valence-corrected chi connectivity index (χ3v) is 4.81. The lowest BCUT2D eigenvalue weighted by molar-refractivity contribution is 0.313. The fourth-order valence-corrected chi connectivity index (χ4v) is 3.59. The van der Waals surface area contributed by atoms with E-state index in [-0.39, 0.29) is 11.9 Å². The van der Waals surface area contributed by atoms with Crippen molar-refractivity contribution in [1.29, 1.82) is 0 Å². The summed E-state index contributed by atoms with van der Waals surface area (Å²) in [4.78, 5) is 2.75. The maximum Gasteiger partial charge on any atom is 0.138 e. The van der Waals surface area contributed by atoms with Gasteiger partial charge in [-0.2, -0.15) is 0 Å². The van der Waals surface area contributed by atoms with Gasteiger partial charge in [-0.3, -0.25) is 4.90 Å². The second kappa shape index (κ2) is 5.78. The minimum atomic E-state index is -0.227. The predicted molar refractivity (Wildman–Crippen MR) is 75.7 cm³/mol. The Morgan fingerprint density at radius 2 is 2.28 bits per heavy atom. The SMILES string of the molecule is CSc1c(F)cc(C2CC(CN)CN2C)cc1Cl. The Kier molecular flexibility index (Phi) is 4.54. The topological polar surface area (TPSA) is 29.3 Å². The Hall–Kier alpha value is -0.290. The van der Waals surface area contributed by atoms with Crippen molar-refractivity contribution < 1.29 is 4.39 Å². The lowest BCUT2D eigenvalue weighted by Crippen LogP contribution is -2.20. The van der Waals surface area contributed by atoms with Crippen LogP contribution in [0.1, 0.15) is 18.0 Å². The Morgan fingerprint density at radius 1 is 1.56 bits per heavy atom. The molecule has 1 aliphatic heterocycles. The first kappa shape index (κ1) is 14.1. The number of nitrogens with two attached hydrogens (primary N) is 1. The Morgan fingerprint density at radius 3 is 2.78 bits per heavy atom. The van der Waals surface area contributed by atoms with Crippen LogP contribution in [0.5, 0.6) is 0 Å². The highest BCUT2D eigenvalue weighted by molar-refractivity contribution is 7.98. The van der Waals surface area contributed by atoms with Crippen molar-refractivity contribution in [1.82, 2.24) is 4.90 Å². The molecule has 1 fully saturated rings. The number of halogens is 2. The summed E-state index contributed by atoms with van der Waals surface area (Å²) in [5.41, 5.74) is 6.66. The predicted octanol–water partition coefficient (Wildman–Crippen LogP) is 3.15. The van der Waals surface area contributed by atoms with Gasteiger partial charge in [0.25, 0.3) is 0 Å². The Labute approximate surface area is 117 Å². The zero-order chi connectivity index (χ0) is 13.3. The molecule has 0 amide bonds. The van der Waals surface area contributed by atoms with Crippen molar-refractivity contribution >= 4 is 23.4 Å². The zero-order valence-corrected chi connectivity index (χ0v) is 12.2. The Bertz CT molecular complexity index is 418. The standard InChI is InChI=1S/C13H18ClFN2S/c1-17-7-8(6-16)3-12(17)9-4-10(14)13(18-2)11(15)5-9/h4-5,8,12H,3,6-7,16H2,1-2H3. The highest BCUT2D eigenvalue weighted by Crippen LogP contribution is 2.37. The van der Waals surface area contributed by atoms with Gasteiger partial charge < -0.3 is 5.73 Å². The van der Waals surface area contributed by atoms with Crippen LogP contribution in [0, 0.1) is 11.7 Å². The molecule has 0 radical (unpaired) electrons. The quantitative estimate of drug-likeness (QED) is 0.867. The normalized spacial score (nSPS) is 24.7. The van der Waals surface area contributed by atoms with Crippen LogP contribution < -0.4 is 5.73 Å². The van der Waals surface area contributed by atoms with Crippen molar-refractivity contribution in [3.05, 3.63) is 28.5 Å². The molecule has 2 unspecified atom stereocenters. The Balaban J connectivity index is 2.29. The van der Waals surface area contributed by atoms with Gasteiger partial charge in [0.2, 0.25) is 0 Å². The van der Waals surface area contributed by atoms with Crippen LogP contribution in [-0.4, -0.2) is 31.3 Å². The highest BCUT2D eigenvalue weighted by atomic mass is 35.5. The van der Waals surface area contributed by atoms with Gasteiger partial charge >= 0.3 is 0 Å². The number of nitrogens with zero attached hydrogens (tertiary/aromatic N) is 1. The highest BCUT2D eigenvalue weighted by Gasteiger charge is 2.30. The summed E-state index contributed by atoms with van der Waals surface area (Å²) >= 11 is 7.47. The summed E-state index contributed by atoms with van der Waals surface area (Å²) in [5.74, 6) is 0.261. The van der Waals surface area contributed by atoms with Gasteiger partial charge in [0.05, 0.1) is 9.92 Å². The van der Waals surface area contributed by atoms with Crippen molar-refractivity contribution in [2.45, 2.75) is 17.4 Å². The van der Waals surface area contributed by atoms with Gasteiger partial charge in [-0.1, -0.05) is 11.6 Å². The molecule has 2 N–H and O–H groups in total. The summed E-state index contributed by atoms with van der Waals surface area (Å²) < 4.78 is 13.9. The molecule has 2 nitrogen and oxygen atoms in total. The monoisotopic (exact) mass is 288 g/mol. The number of benzene rings is 1. The lowest BCUT2D eigenvalue weighted by Gasteiger charge is -2.20. The van der Waals surface area contributed by atoms with Gasteiger partial charge in [-0.15, -0.1) is 11.8 Å². The van der Waals surface area contributed by atoms with Crippen LogP contribution in [-0.2, 0) is 0 Å². The summed E-state index contributed by atoms with van der Waals surface area (Å²) in [7, 11) is 2.05.